The summed E-state index contributed by atoms with van der Waals surface area (Å²) in [6, 6.07) is 5.60. The molecule has 0 aliphatic carbocycles. The number of aromatic nitrogens is 1. The van der Waals surface area contributed by atoms with E-state index < -0.39 is 0 Å². The summed E-state index contributed by atoms with van der Waals surface area (Å²) in [7, 11) is 0. The average Bonchev–Trinajstić information content (AvgIpc) is 2.85. The van der Waals surface area contributed by atoms with Gasteiger partial charge >= 0.3 is 0 Å². The van der Waals surface area contributed by atoms with Crippen LogP contribution in [0.25, 0.3) is 10.2 Å². The lowest BCUT2D eigenvalue weighted by Crippen LogP contribution is -2.37. The van der Waals surface area contributed by atoms with Crippen molar-refractivity contribution in [3.05, 3.63) is 23.2 Å². The topological polar surface area (TPSA) is 36.4 Å². The molecule has 114 valence electrons. The summed E-state index contributed by atoms with van der Waals surface area (Å²) in [5, 5.41) is 1.43. The Hall–Kier alpha value is -1.17. The minimum absolute atomic E-state index is 0.0207. The first kappa shape index (κ1) is 16.2. The highest BCUT2D eigenvalue weighted by Crippen LogP contribution is 2.30. The number of carbonyl (C=O) groups excluding carboxylic acids is 1. The van der Waals surface area contributed by atoms with E-state index in [2.05, 4.69) is 23.7 Å². The fourth-order valence-electron chi connectivity index (χ4n) is 2.17. The molecule has 2 aromatic rings. The third-order valence-corrected chi connectivity index (χ3v) is 4.76. The maximum atomic E-state index is 11.9. The van der Waals surface area contributed by atoms with Gasteiger partial charge in [-0.05, 0) is 31.3 Å². The summed E-state index contributed by atoms with van der Waals surface area (Å²) in [6.45, 7) is 9.31. The molecule has 21 heavy (non-hydrogen) atoms. The predicted molar refractivity (Wildman–Crippen MR) is 90.4 cm³/mol. The van der Waals surface area contributed by atoms with E-state index >= 15 is 0 Å². The number of carbonyl (C=O) groups is 1. The molecule has 0 radical (unpaired) electrons. The highest BCUT2D eigenvalue weighted by Gasteiger charge is 2.17. The van der Waals surface area contributed by atoms with Gasteiger partial charge in [0.2, 0.25) is 5.91 Å². The second kappa shape index (κ2) is 7.20. The number of hydrogen-bond donors (Lipinski definition) is 0. The summed E-state index contributed by atoms with van der Waals surface area (Å²) in [6.07, 6.45) is 0. The minimum atomic E-state index is 0.0207. The van der Waals surface area contributed by atoms with Crippen molar-refractivity contribution in [2.24, 2.45) is 0 Å². The van der Waals surface area contributed by atoms with Crippen LogP contribution in [0.5, 0.6) is 0 Å². The van der Waals surface area contributed by atoms with Crippen molar-refractivity contribution in [1.29, 1.82) is 0 Å². The molecular weight excluding hydrogens is 306 g/mol. The molecule has 0 fully saturated rings. The number of halogens is 1. The van der Waals surface area contributed by atoms with Crippen LogP contribution in [0.15, 0.2) is 18.2 Å². The van der Waals surface area contributed by atoms with E-state index in [4.69, 9.17) is 11.6 Å². The molecule has 1 aromatic heterocycles. The van der Waals surface area contributed by atoms with Crippen LogP contribution in [0.4, 0.5) is 5.13 Å². The summed E-state index contributed by atoms with van der Waals surface area (Å²) in [4.78, 5) is 20.5. The van der Waals surface area contributed by atoms with Gasteiger partial charge in [0.25, 0.3) is 0 Å². The van der Waals surface area contributed by atoms with Gasteiger partial charge in [0, 0.05) is 25.0 Å². The molecular formula is C15H20ClN3OS. The molecule has 4 nitrogen and oxygen atoms in total. The zero-order valence-electron chi connectivity index (χ0n) is 12.6. The fourth-order valence-corrected chi connectivity index (χ4v) is 3.48. The van der Waals surface area contributed by atoms with Gasteiger partial charge in [0.1, 0.15) is 0 Å². The van der Waals surface area contributed by atoms with E-state index in [9.17, 15) is 4.79 Å². The molecule has 2 rings (SSSR count). The van der Waals surface area contributed by atoms with E-state index in [0.29, 0.717) is 11.6 Å². The second-order valence-electron chi connectivity index (χ2n) is 4.81. The Balaban J connectivity index is 2.21. The van der Waals surface area contributed by atoms with Crippen molar-refractivity contribution in [2.45, 2.75) is 20.8 Å². The highest BCUT2D eigenvalue weighted by atomic mass is 35.5. The molecule has 0 atom stereocenters. The molecule has 1 heterocycles. The largest absolute Gasteiger partial charge is 0.302 e. The predicted octanol–water partition coefficient (Wildman–Crippen LogP) is 3.64. The van der Waals surface area contributed by atoms with E-state index in [1.807, 2.05) is 18.2 Å². The Bertz CT molecular complexity index is 624. The van der Waals surface area contributed by atoms with Crippen LogP contribution in [0.1, 0.15) is 20.8 Å². The molecule has 6 heteroatoms. The average molecular weight is 326 g/mol. The Morgan fingerprint density at radius 3 is 2.62 bits per heavy atom. The van der Waals surface area contributed by atoms with E-state index in [1.54, 1.807) is 11.8 Å². The zero-order chi connectivity index (χ0) is 15.4. The van der Waals surface area contributed by atoms with Crippen LogP contribution in [-0.4, -0.2) is 42.0 Å². The SMILES string of the molecule is CCN(CC)CCN(C(C)=O)c1nc2ccc(Cl)cc2s1. The van der Waals surface area contributed by atoms with Crippen molar-refractivity contribution in [3.8, 4) is 0 Å². The number of nitrogens with zero attached hydrogens (tertiary/aromatic N) is 3. The maximum Gasteiger partial charge on any atom is 0.225 e. The smallest absolute Gasteiger partial charge is 0.225 e. The van der Waals surface area contributed by atoms with Crippen LogP contribution >= 0.6 is 22.9 Å². The van der Waals surface area contributed by atoms with Gasteiger partial charge in [0.15, 0.2) is 5.13 Å². The summed E-state index contributed by atoms with van der Waals surface area (Å²) in [5.74, 6) is 0.0207. The lowest BCUT2D eigenvalue weighted by atomic mass is 10.3. The lowest BCUT2D eigenvalue weighted by Gasteiger charge is -2.23. The molecule has 0 saturated heterocycles. The molecule has 0 aliphatic rings. The Morgan fingerprint density at radius 2 is 2.00 bits per heavy atom. The third-order valence-electron chi connectivity index (χ3n) is 3.48. The number of anilines is 1. The van der Waals surface area contributed by atoms with Crippen LogP contribution in [0.3, 0.4) is 0 Å². The number of rotatable bonds is 6. The standard InChI is InChI=1S/C15H20ClN3OS/c1-4-18(5-2)8-9-19(11(3)20)15-17-13-7-6-12(16)10-14(13)21-15/h6-7,10H,4-5,8-9H2,1-3H3. The Kier molecular flexibility index (Phi) is 5.56. The molecule has 0 bridgehead atoms. The number of fused-ring (bicyclic) bond motifs is 1. The first-order valence-corrected chi connectivity index (χ1v) is 8.31. The van der Waals surface area contributed by atoms with Gasteiger partial charge < -0.3 is 4.90 Å². The van der Waals surface area contributed by atoms with Crippen molar-refractivity contribution >= 4 is 44.2 Å². The summed E-state index contributed by atoms with van der Waals surface area (Å²) < 4.78 is 1.01. The Morgan fingerprint density at radius 1 is 1.29 bits per heavy atom. The molecule has 0 unspecified atom stereocenters. The van der Waals surface area contributed by atoms with Crippen LogP contribution in [0.2, 0.25) is 5.02 Å². The first-order chi connectivity index (χ1) is 10.0. The quantitative estimate of drug-likeness (QED) is 0.813. The number of amides is 1. The summed E-state index contributed by atoms with van der Waals surface area (Å²) >= 11 is 7.51. The zero-order valence-corrected chi connectivity index (χ0v) is 14.2. The number of likely N-dealkylation sites (N-methyl/N-ethyl adjacent to an activating group) is 1. The number of thiazole rings is 1. The molecule has 1 aromatic carbocycles. The van der Waals surface area contributed by atoms with Gasteiger partial charge in [-0.2, -0.15) is 0 Å². The van der Waals surface area contributed by atoms with E-state index in [-0.39, 0.29) is 5.91 Å². The number of hydrogen-bond acceptors (Lipinski definition) is 4. The van der Waals surface area contributed by atoms with Crippen LogP contribution in [-0.2, 0) is 4.79 Å². The van der Waals surface area contributed by atoms with Crippen molar-refractivity contribution in [3.63, 3.8) is 0 Å². The first-order valence-electron chi connectivity index (χ1n) is 7.11. The second-order valence-corrected chi connectivity index (χ2v) is 6.25. The van der Waals surface area contributed by atoms with Gasteiger partial charge in [-0.25, -0.2) is 4.98 Å². The van der Waals surface area contributed by atoms with Gasteiger partial charge in [-0.3, -0.25) is 9.69 Å². The number of benzene rings is 1. The van der Waals surface area contributed by atoms with Gasteiger partial charge in [0.05, 0.1) is 10.2 Å². The summed E-state index contributed by atoms with van der Waals surface area (Å²) in [5.41, 5.74) is 0.883. The van der Waals surface area contributed by atoms with Crippen LogP contribution in [0, 0.1) is 0 Å². The molecule has 0 saturated carbocycles. The van der Waals surface area contributed by atoms with E-state index in [0.717, 1.165) is 35.0 Å². The van der Waals surface area contributed by atoms with Gasteiger partial charge in [-0.1, -0.05) is 36.8 Å². The fraction of sp³-hybridized carbons (Fsp3) is 0.467. The normalized spacial score (nSPS) is 11.3. The highest BCUT2D eigenvalue weighted by molar-refractivity contribution is 7.22. The molecule has 1 amide bonds. The third kappa shape index (κ3) is 3.93. The lowest BCUT2D eigenvalue weighted by molar-refractivity contribution is -0.116. The van der Waals surface area contributed by atoms with Crippen LogP contribution < -0.4 is 4.90 Å². The van der Waals surface area contributed by atoms with Gasteiger partial charge in [-0.15, -0.1) is 0 Å². The van der Waals surface area contributed by atoms with Crippen molar-refractivity contribution in [1.82, 2.24) is 9.88 Å². The molecule has 0 aliphatic heterocycles. The van der Waals surface area contributed by atoms with E-state index in [1.165, 1.54) is 11.3 Å². The minimum Gasteiger partial charge on any atom is -0.302 e. The monoisotopic (exact) mass is 325 g/mol. The molecule has 0 spiro atoms. The maximum absolute atomic E-state index is 11.9. The Labute approximate surface area is 134 Å². The molecule has 0 N–H and O–H groups in total. The van der Waals surface area contributed by atoms with Crippen molar-refractivity contribution < 1.29 is 4.79 Å². The van der Waals surface area contributed by atoms with Crippen molar-refractivity contribution in [2.75, 3.05) is 31.1 Å².